The minimum Gasteiger partial charge on any atom is -0.444 e. The number of benzene rings is 1. The summed E-state index contributed by atoms with van der Waals surface area (Å²) < 4.78 is 5.22. The van der Waals surface area contributed by atoms with Crippen LogP contribution in [0.1, 0.15) is 57.8 Å². The first kappa shape index (κ1) is 22.7. The third kappa shape index (κ3) is 6.48. The first-order valence-electron chi connectivity index (χ1n) is 10.3. The molecule has 0 bridgehead atoms. The van der Waals surface area contributed by atoms with Gasteiger partial charge in [0.1, 0.15) is 5.60 Å². The predicted octanol–water partition coefficient (Wildman–Crippen LogP) is 3.75. The number of piperidine rings is 1. The van der Waals surface area contributed by atoms with E-state index < -0.39 is 11.7 Å². The molecule has 2 rings (SSSR count). The van der Waals surface area contributed by atoms with E-state index in [4.69, 9.17) is 4.74 Å². The van der Waals surface area contributed by atoms with Crippen molar-refractivity contribution in [3.05, 3.63) is 29.8 Å². The molecule has 1 N–H and O–H groups in total. The molecule has 29 heavy (non-hydrogen) atoms. The number of hydrogen-bond acceptors (Lipinski definition) is 4. The van der Waals surface area contributed by atoms with Crippen molar-refractivity contribution < 1.29 is 19.1 Å². The second-order valence-corrected chi connectivity index (χ2v) is 8.28. The molecule has 3 amide bonds. The first-order valence-corrected chi connectivity index (χ1v) is 10.3. The number of hydrogen-bond donors (Lipinski definition) is 1. The zero-order valence-corrected chi connectivity index (χ0v) is 18.2. The van der Waals surface area contributed by atoms with Gasteiger partial charge in [0.2, 0.25) is 5.91 Å². The smallest absolute Gasteiger partial charge is 0.412 e. The standard InChI is InChI=1S/C22H33N3O4/c1-6-24(7-2)19(26)17-12-14-25(15-13-17)20(27)16-8-10-18(11-9-16)23-21(28)29-22(3,4)5/h8-11,17H,6-7,12-15H2,1-5H3,(H,23,28). The minimum atomic E-state index is -0.571. The van der Waals surface area contributed by atoms with Gasteiger partial charge in [-0.05, 0) is 71.7 Å². The number of nitrogens with one attached hydrogen (secondary N) is 1. The lowest BCUT2D eigenvalue weighted by atomic mass is 9.94. The highest BCUT2D eigenvalue weighted by molar-refractivity contribution is 5.95. The van der Waals surface area contributed by atoms with Crippen molar-refractivity contribution in [2.45, 2.75) is 53.1 Å². The van der Waals surface area contributed by atoms with Crippen LogP contribution < -0.4 is 5.32 Å². The summed E-state index contributed by atoms with van der Waals surface area (Å²) >= 11 is 0. The fourth-order valence-electron chi connectivity index (χ4n) is 3.42. The molecular formula is C22H33N3O4. The van der Waals surface area contributed by atoms with Gasteiger partial charge in [-0.25, -0.2) is 4.79 Å². The van der Waals surface area contributed by atoms with Crippen LogP contribution in [0.4, 0.5) is 10.5 Å². The molecule has 1 saturated heterocycles. The average Bonchev–Trinajstić information content (AvgIpc) is 2.67. The van der Waals surface area contributed by atoms with Crippen LogP contribution in [0, 0.1) is 5.92 Å². The number of anilines is 1. The van der Waals surface area contributed by atoms with E-state index in [0.717, 1.165) is 13.1 Å². The van der Waals surface area contributed by atoms with Crippen molar-refractivity contribution in [3.63, 3.8) is 0 Å². The second kappa shape index (κ2) is 9.76. The second-order valence-electron chi connectivity index (χ2n) is 8.28. The maximum Gasteiger partial charge on any atom is 0.412 e. The first-order chi connectivity index (χ1) is 13.6. The van der Waals surface area contributed by atoms with Gasteiger partial charge >= 0.3 is 6.09 Å². The number of carbonyl (C=O) groups is 3. The highest BCUT2D eigenvalue weighted by atomic mass is 16.6. The van der Waals surface area contributed by atoms with Crippen molar-refractivity contribution in [3.8, 4) is 0 Å². The molecule has 1 aliphatic rings. The molecule has 0 aliphatic carbocycles. The molecule has 1 aromatic rings. The predicted molar refractivity (Wildman–Crippen MR) is 113 cm³/mol. The monoisotopic (exact) mass is 403 g/mol. The van der Waals surface area contributed by atoms with Gasteiger partial charge in [0.05, 0.1) is 0 Å². The Balaban J connectivity index is 1.90. The van der Waals surface area contributed by atoms with Gasteiger partial charge in [0.15, 0.2) is 0 Å². The summed E-state index contributed by atoms with van der Waals surface area (Å²) in [5.41, 5.74) is 0.561. The molecule has 0 spiro atoms. The lowest BCUT2D eigenvalue weighted by Gasteiger charge is -2.33. The number of ether oxygens (including phenoxy) is 1. The third-order valence-electron chi connectivity index (χ3n) is 4.98. The van der Waals surface area contributed by atoms with E-state index in [-0.39, 0.29) is 17.7 Å². The summed E-state index contributed by atoms with van der Waals surface area (Å²) in [4.78, 5) is 40.7. The molecule has 1 fully saturated rings. The molecule has 0 aromatic heterocycles. The Morgan fingerprint density at radius 1 is 1.07 bits per heavy atom. The lowest BCUT2D eigenvalue weighted by Crippen LogP contribution is -2.44. The van der Waals surface area contributed by atoms with Crippen LogP contribution in [0.2, 0.25) is 0 Å². The Morgan fingerprint density at radius 3 is 2.10 bits per heavy atom. The molecule has 0 unspecified atom stereocenters. The molecule has 7 nitrogen and oxygen atoms in total. The molecule has 1 heterocycles. The summed E-state index contributed by atoms with van der Waals surface area (Å²) in [5.74, 6) is 0.140. The van der Waals surface area contributed by atoms with Crippen LogP contribution in [-0.2, 0) is 9.53 Å². The van der Waals surface area contributed by atoms with Crippen LogP contribution >= 0.6 is 0 Å². The molecule has 1 aromatic carbocycles. The normalized spacial score (nSPS) is 15.0. The van der Waals surface area contributed by atoms with E-state index in [2.05, 4.69) is 5.32 Å². The van der Waals surface area contributed by atoms with Crippen LogP contribution in [-0.4, -0.2) is 59.5 Å². The topological polar surface area (TPSA) is 79.0 Å². The van der Waals surface area contributed by atoms with Crippen molar-refractivity contribution in [2.24, 2.45) is 5.92 Å². The van der Waals surface area contributed by atoms with Gasteiger partial charge in [0.25, 0.3) is 5.91 Å². The molecular weight excluding hydrogens is 370 g/mol. The Kier molecular flexibility index (Phi) is 7.65. The van der Waals surface area contributed by atoms with Crippen LogP contribution in [0.15, 0.2) is 24.3 Å². The molecule has 0 atom stereocenters. The van der Waals surface area contributed by atoms with Gasteiger partial charge in [-0.2, -0.15) is 0 Å². The van der Waals surface area contributed by atoms with Gasteiger partial charge < -0.3 is 14.5 Å². The van der Waals surface area contributed by atoms with E-state index >= 15 is 0 Å². The van der Waals surface area contributed by atoms with Crippen molar-refractivity contribution in [1.29, 1.82) is 0 Å². The molecule has 1 aliphatic heterocycles. The largest absolute Gasteiger partial charge is 0.444 e. The quantitative estimate of drug-likeness (QED) is 0.812. The van der Waals surface area contributed by atoms with Gasteiger partial charge in [0, 0.05) is 43.3 Å². The summed E-state index contributed by atoms with van der Waals surface area (Å²) in [7, 11) is 0. The lowest BCUT2D eigenvalue weighted by molar-refractivity contribution is -0.136. The Hall–Kier alpha value is -2.57. The highest BCUT2D eigenvalue weighted by Crippen LogP contribution is 2.22. The van der Waals surface area contributed by atoms with Crippen LogP contribution in [0.25, 0.3) is 0 Å². The average molecular weight is 404 g/mol. The van der Waals surface area contributed by atoms with Crippen molar-refractivity contribution in [2.75, 3.05) is 31.5 Å². The van der Waals surface area contributed by atoms with Crippen molar-refractivity contribution in [1.82, 2.24) is 9.80 Å². The zero-order valence-electron chi connectivity index (χ0n) is 18.2. The van der Waals surface area contributed by atoms with Gasteiger partial charge in [-0.1, -0.05) is 0 Å². The Labute approximate surface area is 173 Å². The number of carbonyl (C=O) groups excluding carboxylic acids is 3. The molecule has 7 heteroatoms. The Bertz CT molecular complexity index is 713. The maximum absolute atomic E-state index is 12.8. The van der Waals surface area contributed by atoms with E-state index in [0.29, 0.717) is 37.2 Å². The summed E-state index contributed by atoms with van der Waals surface area (Å²) in [6.45, 7) is 12.0. The number of likely N-dealkylation sites (tertiary alicyclic amines) is 1. The van der Waals surface area contributed by atoms with Crippen LogP contribution in [0.5, 0.6) is 0 Å². The SMILES string of the molecule is CCN(CC)C(=O)C1CCN(C(=O)c2ccc(NC(=O)OC(C)(C)C)cc2)CC1. The van der Waals surface area contributed by atoms with Crippen LogP contribution in [0.3, 0.4) is 0 Å². The number of nitrogens with zero attached hydrogens (tertiary/aromatic N) is 2. The highest BCUT2D eigenvalue weighted by Gasteiger charge is 2.29. The van der Waals surface area contributed by atoms with E-state index in [1.165, 1.54) is 0 Å². The van der Waals surface area contributed by atoms with E-state index in [1.807, 2.05) is 18.7 Å². The van der Waals surface area contributed by atoms with Gasteiger partial charge in [-0.3, -0.25) is 14.9 Å². The molecule has 0 radical (unpaired) electrons. The molecule has 0 saturated carbocycles. The van der Waals surface area contributed by atoms with Gasteiger partial charge in [-0.15, -0.1) is 0 Å². The minimum absolute atomic E-state index is 0.000597. The summed E-state index contributed by atoms with van der Waals surface area (Å²) in [5, 5.41) is 2.66. The molecule has 160 valence electrons. The number of rotatable bonds is 5. The number of amides is 3. The zero-order chi connectivity index (χ0) is 21.6. The summed E-state index contributed by atoms with van der Waals surface area (Å²) in [6.07, 6.45) is 0.857. The fourth-order valence-corrected chi connectivity index (χ4v) is 3.42. The van der Waals surface area contributed by atoms with Crippen molar-refractivity contribution >= 4 is 23.6 Å². The summed E-state index contributed by atoms with van der Waals surface area (Å²) in [6, 6.07) is 6.77. The fraction of sp³-hybridized carbons (Fsp3) is 0.591. The van der Waals surface area contributed by atoms with E-state index in [9.17, 15) is 14.4 Å². The maximum atomic E-state index is 12.8. The Morgan fingerprint density at radius 2 is 1.62 bits per heavy atom. The van der Waals surface area contributed by atoms with E-state index in [1.54, 1.807) is 49.9 Å². The third-order valence-corrected chi connectivity index (χ3v) is 4.98.